The molecule has 0 rings (SSSR count). The first-order valence-electron chi connectivity index (χ1n) is 30.0. The second kappa shape index (κ2) is 54.9. The summed E-state index contributed by atoms with van der Waals surface area (Å²) in [5.74, 6) is -1.22. The van der Waals surface area contributed by atoms with Crippen molar-refractivity contribution in [2.45, 2.75) is 303 Å². The maximum atomic E-state index is 13.3. The number of hydrogen-bond donors (Lipinski definition) is 0. The number of ether oxygens (including phenoxy) is 5. The molecule has 0 radical (unpaired) electrons. The van der Waals surface area contributed by atoms with Gasteiger partial charge in [-0.1, -0.05) is 206 Å². The van der Waals surface area contributed by atoms with Crippen LogP contribution in [0, 0.1) is 0 Å². The van der Waals surface area contributed by atoms with Crippen LogP contribution >= 0.6 is 0 Å². The normalized spacial score (nSPS) is 12.1. The second-order valence-electron chi connectivity index (χ2n) is 20.7. The van der Waals surface area contributed by atoms with Crippen LogP contribution in [-0.4, -0.2) is 81.6 Å². The van der Waals surface area contributed by atoms with Gasteiger partial charge < -0.3 is 28.6 Å². The van der Waals surface area contributed by atoms with Crippen molar-refractivity contribution in [1.82, 2.24) is 4.90 Å². The Morgan fingerprint density at radius 2 is 0.732 bits per heavy atom. The predicted octanol–water partition coefficient (Wildman–Crippen LogP) is 17.6. The Balaban J connectivity index is 5.02. The van der Waals surface area contributed by atoms with Crippen LogP contribution in [0.4, 0.5) is 4.79 Å². The van der Waals surface area contributed by atoms with Crippen LogP contribution in [0.3, 0.4) is 0 Å². The molecule has 0 aliphatic rings. The van der Waals surface area contributed by atoms with Crippen molar-refractivity contribution in [3.8, 4) is 0 Å². The molecule has 0 heterocycles. The molecule has 0 aromatic carbocycles. The molecule has 1 atom stereocenters. The minimum atomic E-state index is -0.929. The van der Waals surface area contributed by atoms with Crippen LogP contribution in [0.1, 0.15) is 290 Å². The second-order valence-corrected chi connectivity index (χ2v) is 20.7. The van der Waals surface area contributed by atoms with E-state index in [1.54, 1.807) is 0 Å². The molecule has 0 aliphatic carbocycles. The Bertz CT molecular complexity index is 1200. The van der Waals surface area contributed by atoms with E-state index in [1.807, 2.05) is 19.0 Å². The lowest BCUT2D eigenvalue weighted by Gasteiger charge is -2.20. The van der Waals surface area contributed by atoms with Gasteiger partial charge in [0.25, 0.3) is 0 Å². The van der Waals surface area contributed by atoms with Gasteiger partial charge in [0.05, 0.1) is 6.61 Å². The van der Waals surface area contributed by atoms with Gasteiger partial charge >= 0.3 is 24.1 Å². The third kappa shape index (κ3) is 53.2. The summed E-state index contributed by atoms with van der Waals surface area (Å²) >= 11 is 0. The van der Waals surface area contributed by atoms with E-state index in [4.69, 9.17) is 23.7 Å². The van der Waals surface area contributed by atoms with Crippen molar-refractivity contribution in [3.63, 3.8) is 0 Å². The summed E-state index contributed by atoms with van der Waals surface area (Å²) in [6.45, 7) is 7.43. The fourth-order valence-corrected chi connectivity index (χ4v) is 8.66. The quantitative estimate of drug-likeness (QED) is 0.0252. The first-order chi connectivity index (χ1) is 34.7. The maximum absolute atomic E-state index is 13.3. The molecule has 0 bridgehead atoms. The van der Waals surface area contributed by atoms with Crippen LogP contribution in [0.2, 0.25) is 0 Å². The Kier molecular flexibility index (Phi) is 52.7. The molecule has 0 N–H and O–H groups in total. The molecule has 0 spiro atoms. The molecule has 0 aromatic heterocycles. The zero-order valence-electron chi connectivity index (χ0n) is 47.1. The minimum absolute atomic E-state index is 0.00143. The number of rotatable bonds is 54. The number of carbonyl (C=O) groups is 4. The van der Waals surface area contributed by atoms with Crippen molar-refractivity contribution in [2.24, 2.45) is 0 Å². The van der Waals surface area contributed by atoms with E-state index in [2.05, 4.69) is 45.1 Å². The molecule has 416 valence electrons. The zero-order valence-corrected chi connectivity index (χ0v) is 47.1. The summed E-state index contributed by atoms with van der Waals surface area (Å²) in [5, 5.41) is 0. The molecule has 71 heavy (non-hydrogen) atoms. The first kappa shape index (κ1) is 68.1. The standard InChI is InChI=1S/C61H113NO9/c1-6-9-12-15-18-21-24-26-28-30-32-35-38-41-44-48-58(63)68-54-57(55-69-59(64)49-45-42-39-36-33-31-29-27-25-22-19-16-13-10-7-2)70-60(65)51-50-56(71-61(66)67-53-46-52-62(4)5)47-43-40-37-34-23-20-17-14-11-8-3/h26-29,56-57H,6-25,30-55H2,1-5H3/b28-26-,29-27-. The van der Waals surface area contributed by atoms with Crippen LogP contribution in [0.25, 0.3) is 0 Å². The van der Waals surface area contributed by atoms with Gasteiger partial charge in [-0.25, -0.2) is 4.79 Å². The zero-order chi connectivity index (χ0) is 51.9. The Hall–Kier alpha value is -2.88. The lowest BCUT2D eigenvalue weighted by molar-refractivity contribution is -0.167. The Morgan fingerprint density at radius 1 is 0.366 bits per heavy atom. The monoisotopic (exact) mass is 1000 g/mol. The van der Waals surface area contributed by atoms with E-state index >= 15 is 0 Å². The highest BCUT2D eigenvalue weighted by molar-refractivity contribution is 5.71. The lowest BCUT2D eigenvalue weighted by atomic mass is 10.0. The number of nitrogens with zero attached hydrogens (tertiary/aromatic N) is 1. The molecule has 10 nitrogen and oxygen atoms in total. The summed E-state index contributed by atoms with van der Waals surface area (Å²) < 4.78 is 28.1. The van der Waals surface area contributed by atoms with Gasteiger partial charge in [-0.05, 0) is 104 Å². The van der Waals surface area contributed by atoms with Gasteiger partial charge in [-0.15, -0.1) is 0 Å². The highest BCUT2D eigenvalue weighted by Gasteiger charge is 2.22. The Labute approximate surface area is 437 Å². The van der Waals surface area contributed by atoms with Crippen LogP contribution < -0.4 is 0 Å². The van der Waals surface area contributed by atoms with Gasteiger partial charge in [-0.2, -0.15) is 0 Å². The number of hydrogen-bond acceptors (Lipinski definition) is 10. The fraction of sp³-hybridized carbons (Fsp3) is 0.869. The molecule has 0 aliphatic heterocycles. The van der Waals surface area contributed by atoms with Gasteiger partial charge in [0.2, 0.25) is 0 Å². The Morgan fingerprint density at radius 3 is 1.13 bits per heavy atom. The smallest absolute Gasteiger partial charge is 0.462 e. The molecule has 0 aromatic rings. The molecular weight excluding hydrogens is 891 g/mol. The van der Waals surface area contributed by atoms with Crippen molar-refractivity contribution >= 4 is 24.1 Å². The van der Waals surface area contributed by atoms with Gasteiger partial charge in [0.1, 0.15) is 19.3 Å². The van der Waals surface area contributed by atoms with Crippen molar-refractivity contribution < 1.29 is 42.9 Å². The van der Waals surface area contributed by atoms with Gasteiger partial charge in [-0.3, -0.25) is 14.4 Å². The predicted molar refractivity (Wildman–Crippen MR) is 296 cm³/mol. The van der Waals surface area contributed by atoms with E-state index in [0.29, 0.717) is 12.8 Å². The molecule has 0 saturated carbocycles. The number of carbonyl (C=O) groups excluding carboxylic acids is 4. The molecule has 0 amide bonds. The molecule has 0 saturated heterocycles. The SMILES string of the molecule is CCCCCCCC/C=C\CCCCCCCC(=O)OCC(COC(=O)CCCCCCC/C=C\CCCCCCCC)OC(=O)CCC(CCCCCCCCCCCC)OC(=O)OCCCN(C)C. The third-order valence-electron chi connectivity index (χ3n) is 13.2. The average molecular weight is 1000 g/mol. The van der Waals surface area contributed by atoms with E-state index in [-0.39, 0.29) is 57.4 Å². The highest BCUT2D eigenvalue weighted by atomic mass is 16.7. The summed E-state index contributed by atoms with van der Waals surface area (Å²) in [5.41, 5.74) is 0. The van der Waals surface area contributed by atoms with Crippen LogP contribution in [0.5, 0.6) is 0 Å². The third-order valence-corrected chi connectivity index (χ3v) is 13.2. The summed E-state index contributed by atoms with van der Waals surface area (Å²) in [6.07, 6.45) is 52.0. The highest BCUT2D eigenvalue weighted by Crippen LogP contribution is 2.18. The molecule has 10 heteroatoms. The summed E-state index contributed by atoms with van der Waals surface area (Å²) in [7, 11) is 3.94. The van der Waals surface area contributed by atoms with Crippen molar-refractivity contribution in [2.75, 3.05) is 40.5 Å². The van der Waals surface area contributed by atoms with Crippen LogP contribution in [0.15, 0.2) is 24.3 Å². The lowest BCUT2D eigenvalue weighted by Crippen LogP contribution is -2.31. The van der Waals surface area contributed by atoms with Gasteiger partial charge in [0.15, 0.2) is 6.10 Å². The molecule has 0 fully saturated rings. The van der Waals surface area contributed by atoms with Crippen molar-refractivity contribution in [1.29, 1.82) is 0 Å². The molecule has 1 unspecified atom stereocenters. The minimum Gasteiger partial charge on any atom is -0.462 e. The van der Waals surface area contributed by atoms with E-state index in [9.17, 15) is 19.2 Å². The summed E-state index contributed by atoms with van der Waals surface area (Å²) in [6, 6.07) is 0. The number of allylic oxidation sites excluding steroid dienone is 4. The maximum Gasteiger partial charge on any atom is 0.508 e. The fourth-order valence-electron chi connectivity index (χ4n) is 8.66. The van der Waals surface area contributed by atoms with Gasteiger partial charge in [0, 0.05) is 25.8 Å². The van der Waals surface area contributed by atoms with Crippen molar-refractivity contribution in [3.05, 3.63) is 24.3 Å². The summed E-state index contributed by atoms with van der Waals surface area (Å²) in [4.78, 5) is 53.6. The van der Waals surface area contributed by atoms with E-state index in [1.165, 1.54) is 135 Å². The topological polar surface area (TPSA) is 118 Å². The average Bonchev–Trinajstić information content (AvgIpc) is 3.35. The van der Waals surface area contributed by atoms with Crippen LogP contribution in [-0.2, 0) is 38.1 Å². The van der Waals surface area contributed by atoms with E-state index in [0.717, 1.165) is 103 Å². The first-order valence-corrected chi connectivity index (χ1v) is 30.0. The molecular formula is C61H113NO9. The number of unbranched alkanes of at least 4 members (excludes halogenated alkanes) is 31. The number of esters is 3. The largest absolute Gasteiger partial charge is 0.508 e. The van der Waals surface area contributed by atoms with E-state index < -0.39 is 24.3 Å².